The molecular weight excluding hydrogens is 234 g/mol. The summed E-state index contributed by atoms with van der Waals surface area (Å²) in [5.74, 6) is -0.140. The van der Waals surface area contributed by atoms with E-state index < -0.39 is 6.29 Å². The van der Waals surface area contributed by atoms with Gasteiger partial charge in [0.25, 0.3) is 0 Å². The standard InChI is InChI=1S/C12H19N3O3/c1-8(12(17-2)18-3)15-11(16)6-10-5-4-9(13)7-14-10/h4-5,7-8,12H,6,13H2,1-3H3,(H,15,16). The van der Waals surface area contributed by atoms with Gasteiger partial charge in [0.1, 0.15) is 0 Å². The van der Waals surface area contributed by atoms with Crippen molar-refractivity contribution < 1.29 is 14.3 Å². The number of nitrogens with two attached hydrogens (primary N) is 1. The van der Waals surface area contributed by atoms with E-state index in [1.165, 1.54) is 20.4 Å². The van der Waals surface area contributed by atoms with E-state index in [-0.39, 0.29) is 18.4 Å². The highest BCUT2D eigenvalue weighted by atomic mass is 16.7. The lowest BCUT2D eigenvalue weighted by Crippen LogP contribution is -2.43. The molecule has 0 saturated carbocycles. The molecule has 0 saturated heterocycles. The van der Waals surface area contributed by atoms with Crippen LogP contribution < -0.4 is 11.1 Å². The number of nitrogens with zero attached hydrogens (tertiary/aromatic N) is 1. The zero-order chi connectivity index (χ0) is 13.5. The molecule has 0 aliphatic rings. The van der Waals surface area contributed by atoms with Crippen molar-refractivity contribution in [3.63, 3.8) is 0 Å². The first-order chi connectivity index (χ1) is 8.56. The molecule has 6 heteroatoms. The Bertz CT molecular complexity index is 377. The second-order valence-corrected chi connectivity index (χ2v) is 3.96. The van der Waals surface area contributed by atoms with Crippen molar-refractivity contribution in [2.45, 2.75) is 25.7 Å². The van der Waals surface area contributed by atoms with Crippen LogP contribution in [0.1, 0.15) is 12.6 Å². The molecule has 0 fully saturated rings. The van der Waals surface area contributed by atoms with Gasteiger partial charge in [0.2, 0.25) is 5.91 Å². The van der Waals surface area contributed by atoms with Gasteiger partial charge in [-0.3, -0.25) is 9.78 Å². The third kappa shape index (κ3) is 4.31. The van der Waals surface area contributed by atoms with Crippen LogP contribution in [0.5, 0.6) is 0 Å². The zero-order valence-corrected chi connectivity index (χ0v) is 10.8. The average Bonchev–Trinajstić information content (AvgIpc) is 2.33. The molecule has 1 aromatic rings. The lowest BCUT2D eigenvalue weighted by molar-refractivity contribution is -0.135. The van der Waals surface area contributed by atoms with Crippen LogP contribution in [0.3, 0.4) is 0 Å². The average molecular weight is 253 g/mol. The van der Waals surface area contributed by atoms with Crippen molar-refractivity contribution in [2.75, 3.05) is 20.0 Å². The number of aromatic nitrogens is 1. The van der Waals surface area contributed by atoms with E-state index >= 15 is 0 Å². The minimum absolute atomic E-state index is 0.140. The molecule has 0 aliphatic carbocycles. The number of hydrogen-bond donors (Lipinski definition) is 2. The number of ether oxygens (including phenoxy) is 2. The van der Waals surface area contributed by atoms with E-state index in [1.54, 1.807) is 12.1 Å². The van der Waals surface area contributed by atoms with Crippen molar-refractivity contribution in [2.24, 2.45) is 0 Å². The number of carbonyl (C=O) groups is 1. The van der Waals surface area contributed by atoms with E-state index in [0.717, 1.165) is 0 Å². The van der Waals surface area contributed by atoms with E-state index in [2.05, 4.69) is 10.3 Å². The van der Waals surface area contributed by atoms with E-state index in [1.807, 2.05) is 6.92 Å². The molecule has 6 nitrogen and oxygen atoms in total. The SMILES string of the molecule is COC(OC)C(C)NC(=O)Cc1ccc(N)cn1. The highest BCUT2D eigenvalue weighted by Crippen LogP contribution is 2.03. The molecule has 0 bridgehead atoms. The number of rotatable bonds is 6. The molecule has 1 aromatic heterocycles. The summed E-state index contributed by atoms with van der Waals surface area (Å²) in [5.41, 5.74) is 6.76. The topological polar surface area (TPSA) is 86.5 Å². The van der Waals surface area contributed by atoms with E-state index in [4.69, 9.17) is 15.2 Å². The summed E-state index contributed by atoms with van der Waals surface area (Å²) in [6.45, 7) is 1.81. The molecule has 1 amide bonds. The van der Waals surface area contributed by atoms with E-state index in [9.17, 15) is 4.79 Å². The smallest absolute Gasteiger partial charge is 0.226 e. The van der Waals surface area contributed by atoms with Crippen molar-refractivity contribution in [3.05, 3.63) is 24.0 Å². The van der Waals surface area contributed by atoms with Gasteiger partial charge in [-0.15, -0.1) is 0 Å². The summed E-state index contributed by atoms with van der Waals surface area (Å²) in [5, 5.41) is 2.78. The number of pyridine rings is 1. The predicted molar refractivity (Wildman–Crippen MR) is 67.8 cm³/mol. The van der Waals surface area contributed by atoms with Crippen LogP contribution >= 0.6 is 0 Å². The first kappa shape index (κ1) is 14.4. The normalized spacial score (nSPS) is 12.4. The van der Waals surface area contributed by atoms with Crippen molar-refractivity contribution in [3.8, 4) is 0 Å². The molecule has 0 radical (unpaired) electrons. The number of hydrogen-bond acceptors (Lipinski definition) is 5. The van der Waals surface area contributed by atoms with Crippen LogP contribution in [-0.2, 0) is 20.7 Å². The number of methoxy groups -OCH3 is 2. The number of amides is 1. The molecule has 3 N–H and O–H groups in total. The number of anilines is 1. The second kappa shape index (κ2) is 6.93. The third-order valence-corrected chi connectivity index (χ3v) is 2.45. The van der Waals surface area contributed by atoms with Crippen LogP contribution in [0.15, 0.2) is 18.3 Å². The molecular formula is C12H19N3O3. The maximum Gasteiger partial charge on any atom is 0.226 e. The fourth-order valence-electron chi connectivity index (χ4n) is 1.58. The van der Waals surface area contributed by atoms with Crippen LogP contribution in [0, 0.1) is 0 Å². The third-order valence-electron chi connectivity index (χ3n) is 2.45. The van der Waals surface area contributed by atoms with Gasteiger partial charge in [-0.05, 0) is 19.1 Å². The first-order valence-corrected chi connectivity index (χ1v) is 5.62. The summed E-state index contributed by atoms with van der Waals surface area (Å²) in [7, 11) is 3.05. The molecule has 1 rings (SSSR count). The monoisotopic (exact) mass is 253 g/mol. The summed E-state index contributed by atoms with van der Waals surface area (Å²) >= 11 is 0. The Balaban J connectivity index is 2.48. The van der Waals surface area contributed by atoms with Gasteiger partial charge in [0.05, 0.1) is 24.3 Å². The van der Waals surface area contributed by atoms with Crippen LogP contribution in [0.4, 0.5) is 5.69 Å². The molecule has 1 atom stereocenters. The van der Waals surface area contributed by atoms with Gasteiger partial charge < -0.3 is 20.5 Å². The summed E-state index contributed by atoms with van der Waals surface area (Å²) in [4.78, 5) is 15.8. The lowest BCUT2D eigenvalue weighted by Gasteiger charge is -2.22. The van der Waals surface area contributed by atoms with Crippen molar-refractivity contribution in [1.29, 1.82) is 0 Å². The van der Waals surface area contributed by atoms with Gasteiger partial charge in [-0.2, -0.15) is 0 Å². The molecule has 0 aromatic carbocycles. The Hall–Kier alpha value is -1.66. The van der Waals surface area contributed by atoms with E-state index in [0.29, 0.717) is 11.4 Å². The van der Waals surface area contributed by atoms with Gasteiger partial charge >= 0.3 is 0 Å². The highest BCUT2D eigenvalue weighted by Gasteiger charge is 2.18. The molecule has 1 heterocycles. The van der Waals surface area contributed by atoms with Gasteiger partial charge in [-0.1, -0.05) is 0 Å². The van der Waals surface area contributed by atoms with Gasteiger partial charge in [0, 0.05) is 19.9 Å². The maximum absolute atomic E-state index is 11.8. The number of carbonyl (C=O) groups excluding carboxylic acids is 1. The second-order valence-electron chi connectivity index (χ2n) is 3.96. The molecule has 18 heavy (non-hydrogen) atoms. The maximum atomic E-state index is 11.8. The minimum atomic E-state index is -0.465. The van der Waals surface area contributed by atoms with Gasteiger partial charge in [0.15, 0.2) is 6.29 Å². The Morgan fingerprint density at radius 3 is 2.61 bits per heavy atom. The Labute approximate surface area is 106 Å². The lowest BCUT2D eigenvalue weighted by atomic mass is 10.2. The highest BCUT2D eigenvalue weighted by molar-refractivity contribution is 5.78. The first-order valence-electron chi connectivity index (χ1n) is 5.62. The quantitative estimate of drug-likeness (QED) is 0.713. The molecule has 1 unspecified atom stereocenters. The summed E-state index contributed by atoms with van der Waals surface area (Å²) in [6, 6.07) is 3.21. The number of nitrogens with one attached hydrogen (secondary N) is 1. The van der Waals surface area contributed by atoms with Crippen LogP contribution in [0.2, 0.25) is 0 Å². The van der Waals surface area contributed by atoms with Crippen LogP contribution in [-0.4, -0.2) is 37.4 Å². The summed E-state index contributed by atoms with van der Waals surface area (Å²) in [6.07, 6.45) is 1.26. The fourth-order valence-corrected chi connectivity index (χ4v) is 1.58. The van der Waals surface area contributed by atoms with Crippen molar-refractivity contribution in [1.82, 2.24) is 10.3 Å². The fraction of sp³-hybridized carbons (Fsp3) is 0.500. The number of nitrogen functional groups attached to an aromatic ring is 1. The van der Waals surface area contributed by atoms with Crippen LogP contribution in [0.25, 0.3) is 0 Å². The largest absolute Gasteiger partial charge is 0.397 e. The Kier molecular flexibility index (Phi) is 5.54. The van der Waals surface area contributed by atoms with Gasteiger partial charge in [-0.25, -0.2) is 0 Å². The Morgan fingerprint density at radius 2 is 2.11 bits per heavy atom. The van der Waals surface area contributed by atoms with Crippen molar-refractivity contribution >= 4 is 11.6 Å². The minimum Gasteiger partial charge on any atom is -0.397 e. The molecule has 0 aliphatic heterocycles. The summed E-state index contributed by atoms with van der Waals surface area (Å²) < 4.78 is 10.1. The Morgan fingerprint density at radius 1 is 1.44 bits per heavy atom. The zero-order valence-electron chi connectivity index (χ0n) is 10.8. The molecule has 0 spiro atoms. The molecule has 100 valence electrons. The predicted octanol–water partition coefficient (Wildman–Crippen LogP) is 0.330.